The number of aromatic nitrogens is 3. The number of benzene rings is 2. The number of anilines is 1. The van der Waals surface area contributed by atoms with Crippen molar-refractivity contribution in [1.29, 1.82) is 0 Å². The van der Waals surface area contributed by atoms with Gasteiger partial charge in [0, 0.05) is 28.6 Å². The molecule has 32 heavy (non-hydrogen) atoms. The van der Waals surface area contributed by atoms with E-state index in [4.69, 9.17) is 4.42 Å². The van der Waals surface area contributed by atoms with Crippen LogP contribution in [0.3, 0.4) is 0 Å². The van der Waals surface area contributed by atoms with Gasteiger partial charge in [-0.1, -0.05) is 18.2 Å². The summed E-state index contributed by atoms with van der Waals surface area (Å²) >= 11 is 1.62. The Morgan fingerprint density at radius 2 is 2.09 bits per heavy atom. The first kappa shape index (κ1) is 18.9. The van der Waals surface area contributed by atoms with E-state index in [9.17, 15) is 9.59 Å². The summed E-state index contributed by atoms with van der Waals surface area (Å²) in [7, 11) is 0. The molecule has 0 spiro atoms. The number of para-hydroxylation sites is 1. The Hall–Kier alpha value is -3.78. The van der Waals surface area contributed by atoms with Gasteiger partial charge in [-0.2, -0.15) is 0 Å². The molecule has 5 aromatic rings. The highest BCUT2D eigenvalue weighted by Gasteiger charge is 2.26. The molecule has 8 heteroatoms. The quantitative estimate of drug-likeness (QED) is 0.419. The fourth-order valence-electron chi connectivity index (χ4n) is 4.28. The highest BCUT2D eigenvalue weighted by molar-refractivity contribution is 7.09. The third-order valence-corrected chi connectivity index (χ3v) is 6.62. The van der Waals surface area contributed by atoms with Crippen molar-refractivity contribution in [2.45, 2.75) is 19.9 Å². The Morgan fingerprint density at radius 1 is 1.22 bits per heavy atom. The average Bonchev–Trinajstić information content (AvgIpc) is 3.51. The van der Waals surface area contributed by atoms with E-state index >= 15 is 0 Å². The van der Waals surface area contributed by atoms with Crippen molar-refractivity contribution in [3.05, 3.63) is 75.1 Å². The van der Waals surface area contributed by atoms with Crippen molar-refractivity contribution in [2.75, 3.05) is 11.4 Å². The van der Waals surface area contributed by atoms with Gasteiger partial charge in [-0.3, -0.25) is 14.2 Å². The highest BCUT2D eigenvalue weighted by Crippen LogP contribution is 2.33. The third-order valence-electron chi connectivity index (χ3n) is 5.85. The lowest BCUT2D eigenvalue weighted by Gasteiger charge is -2.18. The van der Waals surface area contributed by atoms with Crippen LogP contribution in [-0.2, 0) is 17.8 Å². The van der Waals surface area contributed by atoms with Gasteiger partial charge in [0.25, 0.3) is 5.56 Å². The fraction of sp³-hybridized carbons (Fsp3) is 0.167. The van der Waals surface area contributed by atoms with E-state index in [1.165, 1.54) is 10.9 Å². The molecule has 1 aliphatic heterocycles. The molecule has 1 amide bonds. The summed E-state index contributed by atoms with van der Waals surface area (Å²) < 4.78 is 7.04. The predicted molar refractivity (Wildman–Crippen MR) is 124 cm³/mol. The molecule has 0 fully saturated rings. The summed E-state index contributed by atoms with van der Waals surface area (Å²) in [5.41, 5.74) is 4.95. The standard InChI is InChI=1S/C24H18N4O3S/c1-14-26-18(12-32-14)15-6-7-19-16(10-15)8-9-28(19)21(29)11-27-13-25-22-17-4-2-3-5-20(17)31-23(22)24(27)30/h2-7,10,12-13H,8-9,11H2,1H3. The summed E-state index contributed by atoms with van der Waals surface area (Å²) in [4.78, 5) is 36.7. The smallest absolute Gasteiger partial charge is 0.297 e. The van der Waals surface area contributed by atoms with Crippen molar-refractivity contribution in [2.24, 2.45) is 0 Å². The Balaban J connectivity index is 1.29. The fourth-order valence-corrected chi connectivity index (χ4v) is 4.90. The molecule has 0 aliphatic carbocycles. The maximum Gasteiger partial charge on any atom is 0.297 e. The van der Waals surface area contributed by atoms with Gasteiger partial charge in [-0.05, 0) is 43.2 Å². The molecule has 0 saturated heterocycles. The van der Waals surface area contributed by atoms with Gasteiger partial charge in [0.2, 0.25) is 11.5 Å². The molecular formula is C24H18N4O3S. The summed E-state index contributed by atoms with van der Waals surface area (Å²) in [5, 5.41) is 3.86. The molecule has 0 radical (unpaired) electrons. The molecule has 2 aromatic carbocycles. The van der Waals surface area contributed by atoms with Gasteiger partial charge in [-0.15, -0.1) is 11.3 Å². The lowest BCUT2D eigenvalue weighted by molar-refractivity contribution is -0.119. The Bertz CT molecular complexity index is 1580. The van der Waals surface area contributed by atoms with Gasteiger partial charge in [0.1, 0.15) is 17.6 Å². The second-order valence-corrected chi connectivity index (χ2v) is 8.91. The molecule has 158 valence electrons. The zero-order valence-corrected chi connectivity index (χ0v) is 18.1. The first-order valence-electron chi connectivity index (χ1n) is 10.3. The SMILES string of the molecule is Cc1nc(-c2ccc3c(c2)CCN3C(=O)Cn2cnc3c(oc4ccccc43)c2=O)cs1. The third kappa shape index (κ3) is 2.95. The van der Waals surface area contributed by atoms with Crippen LogP contribution in [0.1, 0.15) is 10.6 Å². The van der Waals surface area contributed by atoms with Crippen LogP contribution in [0.5, 0.6) is 0 Å². The number of rotatable bonds is 3. The molecule has 3 aromatic heterocycles. The second-order valence-electron chi connectivity index (χ2n) is 7.84. The number of fused-ring (bicyclic) bond motifs is 4. The number of aryl methyl sites for hydroxylation is 1. The van der Waals surface area contributed by atoms with Gasteiger partial charge < -0.3 is 9.32 Å². The van der Waals surface area contributed by atoms with E-state index in [0.29, 0.717) is 17.6 Å². The minimum Gasteiger partial charge on any atom is -0.448 e. The minimum absolute atomic E-state index is 0.0920. The molecule has 1 aliphatic rings. The normalized spacial score (nSPS) is 13.2. The van der Waals surface area contributed by atoms with Gasteiger partial charge >= 0.3 is 0 Å². The number of furan rings is 1. The number of carbonyl (C=O) groups is 1. The Kier molecular flexibility index (Phi) is 4.22. The second kappa shape index (κ2) is 7.13. The van der Waals surface area contributed by atoms with Gasteiger partial charge in [0.15, 0.2) is 0 Å². The molecule has 4 heterocycles. The van der Waals surface area contributed by atoms with E-state index < -0.39 is 0 Å². The topological polar surface area (TPSA) is 81.2 Å². The minimum atomic E-state index is -0.353. The van der Waals surface area contributed by atoms with E-state index in [1.54, 1.807) is 22.3 Å². The molecule has 0 unspecified atom stereocenters. The number of hydrogen-bond acceptors (Lipinski definition) is 6. The Morgan fingerprint density at radius 3 is 2.94 bits per heavy atom. The van der Waals surface area contributed by atoms with E-state index in [2.05, 4.69) is 16.0 Å². The number of thiazole rings is 1. The van der Waals surface area contributed by atoms with Crippen LogP contribution in [0.4, 0.5) is 5.69 Å². The molecule has 0 saturated carbocycles. The molecule has 0 bridgehead atoms. The van der Waals surface area contributed by atoms with Crippen molar-refractivity contribution >= 4 is 45.0 Å². The molecular weight excluding hydrogens is 424 g/mol. The van der Waals surface area contributed by atoms with E-state index in [-0.39, 0.29) is 23.6 Å². The number of carbonyl (C=O) groups excluding carboxylic acids is 1. The number of hydrogen-bond donors (Lipinski definition) is 0. The molecule has 7 nitrogen and oxygen atoms in total. The van der Waals surface area contributed by atoms with Gasteiger partial charge in [0.05, 0.1) is 17.0 Å². The number of nitrogens with zero attached hydrogens (tertiary/aromatic N) is 4. The van der Waals surface area contributed by atoms with Crippen LogP contribution in [0, 0.1) is 6.92 Å². The largest absolute Gasteiger partial charge is 0.448 e. The van der Waals surface area contributed by atoms with Crippen LogP contribution >= 0.6 is 11.3 Å². The van der Waals surface area contributed by atoms with Crippen molar-refractivity contribution in [3.8, 4) is 11.3 Å². The lowest BCUT2D eigenvalue weighted by Crippen LogP contribution is -2.35. The predicted octanol–water partition coefficient (Wildman–Crippen LogP) is 4.16. The number of amides is 1. The lowest BCUT2D eigenvalue weighted by atomic mass is 10.1. The summed E-state index contributed by atoms with van der Waals surface area (Å²) in [6.07, 6.45) is 2.20. The molecule has 0 atom stereocenters. The van der Waals surface area contributed by atoms with Crippen molar-refractivity contribution < 1.29 is 9.21 Å². The van der Waals surface area contributed by atoms with Crippen LogP contribution in [0.2, 0.25) is 0 Å². The van der Waals surface area contributed by atoms with Gasteiger partial charge in [-0.25, -0.2) is 9.97 Å². The van der Waals surface area contributed by atoms with Crippen LogP contribution < -0.4 is 10.5 Å². The monoisotopic (exact) mass is 442 g/mol. The first-order valence-corrected chi connectivity index (χ1v) is 11.2. The zero-order valence-electron chi connectivity index (χ0n) is 17.2. The first-order chi connectivity index (χ1) is 15.6. The average molecular weight is 443 g/mol. The molecule has 0 N–H and O–H groups in total. The van der Waals surface area contributed by atoms with E-state index in [0.717, 1.165) is 39.3 Å². The van der Waals surface area contributed by atoms with E-state index in [1.807, 2.05) is 42.6 Å². The van der Waals surface area contributed by atoms with Crippen LogP contribution in [-0.4, -0.2) is 27.0 Å². The van der Waals surface area contributed by atoms with Crippen molar-refractivity contribution in [1.82, 2.24) is 14.5 Å². The van der Waals surface area contributed by atoms with Crippen molar-refractivity contribution in [3.63, 3.8) is 0 Å². The summed E-state index contributed by atoms with van der Waals surface area (Å²) in [6.45, 7) is 2.48. The highest BCUT2D eigenvalue weighted by atomic mass is 32.1. The molecule has 6 rings (SSSR count). The van der Waals surface area contributed by atoms with Crippen LogP contribution in [0.15, 0.2) is 63.4 Å². The maximum atomic E-state index is 13.1. The summed E-state index contributed by atoms with van der Waals surface area (Å²) in [5.74, 6) is -0.152. The zero-order chi connectivity index (χ0) is 21.8. The Labute approximate surface area is 186 Å². The maximum absolute atomic E-state index is 13.1. The summed E-state index contributed by atoms with van der Waals surface area (Å²) in [6, 6.07) is 13.4. The van der Waals surface area contributed by atoms with Crippen LogP contribution in [0.25, 0.3) is 33.3 Å².